The Labute approximate surface area is 72.4 Å². The number of aryl methyl sites for hydroxylation is 1. The van der Waals surface area contributed by atoms with Crippen molar-refractivity contribution in [1.82, 2.24) is 15.3 Å². The monoisotopic (exact) mass is 166 g/mol. The second-order valence-electron chi connectivity index (χ2n) is 2.55. The van der Waals surface area contributed by atoms with Gasteiger partial charge in [0, 0.05) is 25.0 Å². The van der Waals surface area contributed by atoms with Crippen molar-refractivity contribution in [3.05, 3.63) is 18.0 Å². The standard InChI is InChI=1S/C8H14N4/c1-7-3-4-10-8(12-7)11-6-5-9-2/h3-4,9H,5-6H2,1-2H3,(H,10,11,12). The van der Waals surface area contributed by atoms with Crippen molar-refractivity contribution in [2.45, 2.75) is 6.92 Å². The number of hydrogen-bond acceptors (Lipinski definition) is 4. The van der Waals surface area contributed by atoms with Crippen LogP contribution in [0.15, 0.2) is 12.3 Å². The van der Waals surface area contributed by atoms with Crippen molar-refractivity contribution in [3.63, 3.8) is 0 Å². The molecule has 12 heavy (non-hydrogen) atoms. The highest BCUT2D eigenvalue weighted by atomic mass is 15.1. The van der Waals surface area contributed by atoms with Gasteiger partial charge in [-0.3, -0.25) is 0 Å². The van der Waals surface area contributed by atoms with Crippen molar-refractivity contribution in [1.29, 1.82) is 0 Å². The number of hydrogen-bond donors (Lipinski definition) is 2. The van der Waals surface area contributed by atoms with E-state index in [9.17, 15) is 0 Å². The minimum atomic E-state index is 0.699. The van der Waals surface area contributed by atoms with Crippen LogP contribution >= 0.6 is 0 Å². The van der Waals surface area contributed by atoms with Crippen molar-refractivity contribution in [2.24, 2.45) is 0 Å². The third-order valence-electron chi connectivity index (χ3n) is 1.45. The Hall–Kier alpha value is -1.16. The van der Waals surface area contributed by atoms with Gasteiger partial charge in [0.1, 0.15) is 0 Å². The Kier molecular flexibility index (Phi) is 3.47. The summed E-state index contributed by atoms with van der Waals surface area (Å²) < 4.78 is 0. The fourth-order valence-electron chi connectivity index (χ4n) is 0.833. The number of anilines is 1. The summed E-state index contributed by atoms with van der Waals surface area (Å²) in [5, 5.41) is 6.14. The van der Waals surface area contributed by atoms with Gasteiger partial charge in [0.15, 0.2) is 0 Å². The summed E-state index contributed by atoms with van der Waals surface area (Å²) >= 11 is 0. The van der Waals surface area contributed by atoms with Gasteiger partial charge in [0.2, 0.25) is 5.95 Å². The molecule has 0 spiro atoms. The molecule has 0 aliphatic rings. The van der Waals surface area contributed by atoms with Gasteiger partial charge in [-0.1, -0.05) is 0 Å². The van der Waals surface area contributed by atoms with Crippen LogP contribution in [0.3, 0.4) is 0 Å². The molecule has 4 heteroatoms. The Morgan fingerprint density at radius 2 is 2.25 bits per heavy atom. The summed E-state index contributed by atoms with van der Waals surface area (Å²) in [5.74, 6) is 0.699. The molecule has 0 saturated heterocycles. The average molecular weight is 166 g/mol. The number of rotatable bonds is 4. The summed E-state index contributed by atoms with van der Waals surface area (Å²) in [6.45, 7) is 3.71. The van der Waals surface area contributed by atoms with Crippen molar-refractivity contribution in [3.8, 4) is 0 Å². The Morgan fingerprint density at radius 1 is 1.42 bits per heavy atom. The van der Waals surface area contributed by atoms with Gasteiger partial charge in [-0.15, -0.1) is 0 Å². The first-order chi connectivity index (χ1) is 5.83. The van der Waals surface area contributed by atoms with E-state index >= 15 is 0 Å². The molecule has 0 atom stereocenters. The van der Waals surface area contributed by atoms with E-state index in [1.54, 1.807) is 6.20 Å². The second-order valence-corrected chi connectivity index (χ2v) is 2.55. The predicted molar refractivity (Wildman–Crippen MR) is 49.2 cm³/mol. The van der Waals surface area contributed by atoms with Crippen LogP contribution in [-0.2, 0) is 0 Å². The highest BCUT2D eigenvalue weighted by Gasteiger charge is 1.92. The van der Waals surface area contributed by atoms with E-state index in [2.05, 4.69) is 20.6 Å². The first-order valence-corrected chi connectivity index (χ1v) is 4.01. The number of nitrogens with one attached hydrogen (secondary N) is 2. The van der Waals surface area contributed by atoms with E-state index in [1.807, 2.05) is 20.0 Å². The lowest BCUT2D eigenvalue weighted by atomic mass is 10.5. The van der Waals surface area contributed by atoms with Crippen LogP contribution in [0, 0.1) is 6.92 Å². The molecule has 0 aliphatic heterocycles. The summed E-state index contributed by atoms with van der Waals surface area (Å²) in [5.41, 5.74) is 0.983. The van der Waals surface area contributed by atoms with E-state index in [4.69, 9.17) is 0 Å². The maximum atomic E-state index is 4.19. The van der Waals surface area contributed by atoms with Crippen LogP contribution in [0.5, 0.6) is 0 Å². The Morgan fingerprint density at radius 3 is 2.92 bits per heavy atom. The SMILES string of the molecule is CNCCNc1nccc(C)n1. The molecule has 66 valence electrons. The molecule has 4 nitrogen and oxygen atoms in total. The zero-order valence-electron chi connectivity index (χ0n) is 7.46. The molecule has 1 aromatic heterocycles. The molecule has 0 aromatic carbocycles. The summed E-state index contributed by atoms with van der Waals surface area (Å²) in [7, 11) is 1.92. The molecule has 1 aromatic rings. The molecule has 0 amide bonds. The van der Waals surface area contributed by atoms with E-state index in [1.165, 1.54) is 0 Å². The molecule has 0 radical (unpaired) electrons. The maximum absolute atomic E-state index is 4.19. The van der Waals surface area contributed by atoms with Crippen LogP contribution < -0.4 is 10.6 Å². The molecule has 0 unspecified atom stereocenters. The lowest BCUT2D eigenvalue weighted by Gasteiger charge is -2.03. The van der Waals surface area contributed by atoms with Gasteiger partial charge in [-0.05, 0) is 20.0 Å². The van der Waals surface area contributed by atoms with Gasteiger partial charge in [0.25, 0.3) is 0 Å². The third-order valence-corrected chi connectivity index (χ3v) is 1.45. The van der Waals surface area contributed by atoms with Gasteiger partial charge in [0.05, 0.1) is 0 Å². The average Bonchev–Trinajstić information content (AvgIpc) is 2.05. The van der Waals surface area contributed by atoms with Crippen LogP contribution in [0.2, 0.25) is 0 Å². The van der Waals surface area contributed by atoms with Crippen LogP contribution in [0.4, 0.5) is 5.95 Å². The topological polar surface area (TPSA) is 49.8 Å². The normalized spacial score (nSPS) is 9.83. The van der Waals surface area contributed by atoms with Crippen molar-refractivity contribution >= 4 is 5.95 Å². The molecule has 1 rings (SSSR count). The molecule has 0 saturated carbocycles. The van der Waals surface area contributed by atoms with E-state index in [-0.39, 0.29) is 0 Å². The van der Waals surface area contributed by atoms with Gasteiger partial charge < -0.3 is 10.6 Å². The Bertz CT molecular complexity index is 236. The first kappa shape index (κ1) is 8.93. The maximum Gasteiger partial charge on any atom is 0.222 e. The predicted octanol–water partition coefficient (Wildman–Crippen LogP) is 0.416. The van der Waals surface area contributed by atoms with Crippen LogP contribution in [-0.4, -0.2) is 30.1 Å². The molecule has 2 N–H and O–H groups in total. The Balaban J connectivity index is 2.41. The van der Waals surface area contributed by atoms with Gasteiger partial charge in [-0.25, -0.2) is 9.97 Å². The van der Waals surface area contributed by atoms with E-state index in [0.717, 1.165) is 18.8 Å². The van der Waals surface area contributed by atoms with Crippen molar-refractivity contribution in [2.75, 3.05) is 25.5 Å². The number of likely N-dealkylation sites (N-methyl/N-ethyl adjacent to an activating group) is 1. The minimum absolute atomic E-state index is 0.699. The second kappa shape index (κ2) is 4.66. The molecule has 0 fully saturated rings. The smallest absolute Gasteiger partial charge is 0.222 e. The largest absolute Gasteiger partial charge is 0.353 e. The number of nitrogens with zero attached hydrogens (tertiary/aromatic N) is 2. The van der Waals surface area contributed by atoms with E-state index < -0.39 is 0 Å². The zero-order valence-corrected chi connectivity index (χ0v) is 7.46. The molecule has 1 heterocycles. The minimum Gasteiger partial charge on any atom is -0.353 e. The fourth-order valence-corrected chi connectivity index (χ4v) is 0.833. The van der Waals surface area contributed by atoms with Crippen LogP contribution in [0.1, 0.15) is 5.69 Å². The van der Waals surface area contributed by atoms with Crippen LogP contribution in [0.25, 0.3) is 0 Å². The quantitative estimate of drug-likeness (QED) is 0.636. The summed E-state index contributed by atoms with van der Waals surface area (Å²) in [6.07, 6.45) is 1.75. The highest BCUT2D eigenvalue weighted by molar-refractivity contribution is 5.24. The fraction of sp³-hybridized carbons (Fsp3) is 0.500. The number of aromatic nitrogens is 2. The first-order valence-electron chi connectivity index (χ1n) is 4.01. The molecular formula is C8H14N4. The molecular weight excluding hydrogens is 152 g/mol. The van der Waals surface area contributed by atoms with Crippen molar-refractivity contribution < 1.29 is 0 Å². The lowest BCUT2D eigenvalue weighted by molar-refractivity contribution is 0.817. The van der Waals surface area contributed by atoms with Gasteiger partial charge >= 0.3 is 0 Å². The van der Waals surface area contributed by atoms with Gasteiger partial charge in [-0.2, -0.15) is 0 Å². The molecule has 0 aliphatic carbocycles. The zero-order chi connectivity index (χ0) is 8.81. The van der Waals surface area contributed by atoms with E-state index in [0.29, 0.717) is 5.95 Å². The molecule has 0 bridgehead atoms. The summed E-state index contributed by atoms with van der Waals surface area (Å²) in [4.78, 5) is 8.26. The highest BCUT2D eigenvalue weighted by Crippen LogP contribution is 1.96. The lowest BCUT2D eigenvalue weighted by Crippen LogP contribution is -2.18. The summed E-state index contributed by atoms with van der Waals surface area (Å²) in [6, 6.07) is 1.88. The third kappa shape index (κ3) is 2.84.